The molecule has 0 bridgehead atoms. The largest absolute Gasteiger partial charge is 0.356 e. The molecule has 1 aromatic carbocycles. The summed E-state index contributed by atoms with van der Waals surface area (Å²) in [7, 11) is 1.64. The first-order valence-electron chi connectivity index (χ1n) is 6.04. The van der Waals surface area contributed by atoms with E-state index in [0.717, 1.165) is 30.9 Å². The van der Waals surface area contributed by atoms with Crippen LogP contribution >= 0.6 is 11.8 Å². The van der Waals surface area contributed by atoms with Crippen LogP contribution in [0.4, 0.5) is 8.78 Å². The summed E-state index contributed by atoms with van der Waals surface area (Å²) in [6.45, 7) is 0.998. The summed E-state index contributed by atoms with van der Waals surface area (Å²) >= 11 is 1.78. The standard InChI is InChI=1S/C13H19F2N3S/c1-16-13(17-6-3-7-19-2)18-9-10-8-11(14)4-5-12(10)15/h4-5,8H,3,6-7,9H2,1-2H3,(H2,16,17,18). The smallest absolute Gasteiger partial charge is 0.191 e. The zero-order valence-electron chi connectivity index (χ0n) is 11.2. The molecule has 0 saturated carbocycles. The molecule has 6 heteroatoms. The van der Waals surface area contributed by atoms with E-state index in [9.17, 15) is 8.78 Å². The van der Waals surface area contributed by atoms with Crippen molar-refractivity contribution >= 4 is 17.7 Å². The molecular weight excluding hydrogens is 268 g/mol. The van der Waals surface area contributed by atoms with E-state index in [1.165, 1.54) is 6.07 Å². The van der Waals surface area contributed by atoms with Crippen molar-refractivity contribution < 1.29 is 8.78 Å². The zero-order chi connectivity index (χ0) is 14.1. The third kappa shape index (κ3) is 5.92. The molecule has 0 aliphatic carbocycles. The molecule has 2 N–H and O–H groups in total. The molecule has 0 aliphatic heterocycles. The van der Waals surface area contributed by atoms with Crippen molar-refractivity contribution in [1.29, 1.82) is 0 Å². The summed E-state index contributed by atoms with van der Waals surface area (Å²) in [6, 6.07) is 3.42. The number of guanidine groups is 1. The van der Waals surface area contributed by atoms with Gasteiger partial charge in [0.2, 0.25) is 0 Å². The summed E-state index contributed by atoms with van der Waals surface area (Å²) < 4.78 is 26.4. The fraction of sp³-hybridized carbons (Fsp3) is 0.462. The van der Waals surface area contributed by atoms with Crippen LogP contribution in [0.1, 0.15) is 12.0 Å². The summed E-state index contributed by atoms with van der Waals surface area (Å²) in [5.74, 6) is 0.792. The average Bonchev–Trinajstić information content (AvgIpc) is 2.41. The molecule has 0 amide bonds. The van der Waals surface area contributed by atoms with Gasteiger partial charge in [0.25, 0.3) is 0 Å². The van der Waals surface area contributed by atoms with Crippen LogP contribution in [-0.2, 0) is 6.54 Å². The number of aliphatic imine (C=N–C) groups is 1. The quantitative estimate of drug-likeness (QED) is 0.479. The highest BCUT2D eigenvalue weighted by molar-refractivity contribution is 7.98. The summed E-state index contributed by atoms with van der Waals surface area (Å²) in [5.41, 5.74) is 0.284. The molecule has 1 rings (SSSR count). The Labute approximate surface area is 116 Å². The van der Waals surface area contributed by atoms with E-state index in [1.54, 1.807) is 18.8 Å². The van der Waals surface area contributed by atoms with Crippen LogP contribution in [0.25, 0.3) is 0 Å². The predicted octanol–water partition coefficient (Wildman–Crippen LogP) is 2.38. The van der Waals surface area contributed by atoms with Crippen molar-refractivity contribution in [3.63, 3.8) is 0 Å². The molecule has 0 fully saturated rings. The van der Waals surface area contributed by atoms with Gasteiger partial charge in [-0.05, 0) is 36.6 Å². The first-order chi connectivity index (χ1) is 9.17. The van der Waals surface area contributed by atoms with Gasteiger partial charge in [0.15, 0.2) is 5.96 Å². The molecule has 0 atom stereocenters. The number of hydrogen-bond acceptors (Lipinski definition) is 2. The minimum absolute atomic E-state index is 0.200. The highest BCUT2D eigenvalue weighted by atomic mass is 32.2. The van der Waals surface area contributed by atoms with Crippen molar-refractivity contribution in [2.24, 2.45) is 4.99 Å². The Kier molecular flexibility index (Phi) is 7.25. The molecule has 1 aromatic rings. The summed E-state index contributed by atoms with van der Waals surface area (Å²) in [4.78, 5) is 4.02. The third-order valence-electron chi connectivity index (χ3n) is 2.50. The van der Waals surface area contributed by atoms with E-state index < -0.39 is 11.6 Å². The van der Waals surface area contributed by atoms with Crippen LogP contribution in [0, 0.1) is 11.6 Å². The van der Waals surface area contributed by atoms with Crippen molar-refractivity contribution in [3.05, 3.63) is 35.4 Å². The summed E-state index contributed by atoms with van der Waals surface area (Å²) in [5, 5.41) is 6.07. The Hall–Kier alpha value is -1.30. The topological polar surface area (TPSA) is 36.4 Å². The van der Waals surface area contributed by atoms with Gasteiger partial charge in [-0.25, -0.2) is 8.78 Å². The minimum Gasteiger partial charge on any atom is -0.356 e. The molecular formula is C13H19F2N3S. The third-order valence-corrected chi connectivity index (χ3v) is 3.19. The average molecular weight is 287 g/mol. The lowest BCUT2D eigenvalue weighted by atomic mass is 10.2. The van der Waals surface area contributed by atoms with E-state index >= 15 is 0 Å². The predicted molar refractivity (Wildman–Crippen MR) is 77.6 cm³/mol. The maximum absolute atomic E-state index is 13.4. The SMILES string of the molecule is CN=C(NCCCSC)NCc1cc(F)ccc1F. The molecule has 0 saturated heterocycles. The van der Waals surface area contributed by atoms with Gasteiger partial charge in [0.1, 0.15) is 11.6 Å². The number of nitrogens with one attached hydrogen (secondary N) is 2. The van der Waals surface area contributed by atoms with Gasteiger partial charge in [0.05, 0.1) is 0 Å². The maximum atomic E-state index is 13.4. The fourth-order valence-electron chi connectivity index (χ4n) is 1.50. The van der Waals surface area contributed by atoms with Crippen LogP contribution in [0.2, 0.25) is 0 Å². The van der Waals surface area contributed by atoms with Crippen LogP contribution < -0.4 is 10.6 Å². The van der Waals surface area contributed by atoms with Crippen LogP contribution in [0.3, 0.4) is 0 Å². The van der Waals surface area contributed by atoms with Crippen molar-refractivity contribution in [3.8, 4) is 0 Å². The number of nitrogens with zero attached hydrogens (tertiary/aromatic N) is 1. The highest BCUT2D eigenvalue weighted by Crippen LogP contribution is 2.08. The Balaban J connectivity index is 2.42. The Morgan fingerprint density at radius 3 is 2.79 bits per heavy atom. The molecule has 0 aromatic heterocycles. The van der Waals surface area contributed by atoms with E-state index in [-0.39, 0.29) is 12.1 Å². The number of hydrogen-bond donors (Lipinski definition) is 2. The Morgan fingerprint density at radius 1 is 1.32 bits per heavy atom. The molecule has 106 valence electrons. The highest BCUT2D eigenvalue weighted by Gasteiger charge is 2.04. The Bertz CT molecular complexity index is 424. The zero-order valence-corrected chi connectivity index (χ0v) is 12.0. The van der Waals surface area contributed by atoms with Crippen LogP contribution in [-0.4, -0.2) is 31.6 Å². The molecule has 0 spiro atoms. The van der Waals surface area contributed by atoms with Gasteiger partial charge in [-0.3, -0.25) is 4.99 Å². The van der Waals surface area contributed by atoms with E-state index in [2.05, 4.69) is 21.9 Å². The Morgan fingerprint density at radius 2 is 2.11 bits per heavy atom. The lowest BCUT2D eigenvalue weighted by Gasteiger charge is -2.12. The fourth-order valence-corrected chi connectivity index (χ4v) is 1.93. The monoisotopic (exact) mass is 287 g/mol. The summed E-state index contributed by atoms with van der Waals surface area (Å²) in [6.07, 6.45) is 3.08. The second-order valence-corrected chi connectivity index (χ2v) is 4.92. The first kappa shape index (κ1) is 15.8. The molecule has 0 unspecified atom stereocenters. The maximum Gasteiger partial charge on any atom is 0.191 e. The van der Waals surface area contributed by atoms with E-state index in [1.807, 2.05) is 0 Å². The minimum atomic E-state index is -0.443. The van der Waals surface area contributed by atoms with E-state index in [0.29, 0.717) is 5.96 Å². The van der Waals surface area contributed by atoms with Gasteiger partial charge < -0.3 is 10.6 Å². The molecule has 3 nitrogen and oxygen atoms in total. The number of halogens is 2. The number of rotatable bonds is 6. The van der Waals surface area contributed by atoms with E-state index in [4.69, 9.17) is 0 Å². The molecule has 0 radical (unpaired) electrons. The molecule has 0 aliphatic rings. The second-order valence-electron chi connectivity index (χ2n) is 3.93. The van der Waals surface area contributed by atoms with Crippen molar-refractivity contribution in [2.75, 3.05) is 25.6 Å². The van der Waals surface area contributed by atoms with Gasteiger partial charge in [-0.1, -0.05) is 0 Å². The number of thioether (sulfide) groups is 1. The lowest BCUT2D eigenvalue weighted by Crippen LogP contribution is -2.37. The van der Waals surface area contributed by atoms with Crippen LogP contribution in [0.5, 0.6) is 0 Å². The van der Waals surface area contributed by atoms with Gasteiger partial charge in [0, 0.05) is 25.7 Å². The normalized spacial score (nSPS) is 11.5. The van der Waals surface area contributed by atoms with Gasteiger partial charge in [-0.2, -0.15) is 11.8 Å². The van der Waals surface area contributed by atoms with Crippen molar-refractivity contribution in [1.82, 2.24) is 10.6 Å². The first-order valence-corrected chi connectivity index (χ1v) is 7.44. The second kappa shape index (κ2) is 8.74. The lowest BCUT2D eigenvalue weighted by molar-refractivity contribution is 0.581. The molecule has 0 heterocycles. The molecule has 19 heavy (non-hydrogen) atoms. The van der Waals surface area contributed by atoms with Crippen LogP contribution in [0.15, 0.2) is 23.2 Å². The van der Waals surface area contributed by atoms with Crippen molar-refractivity contribution in [2.45, 2.75) is 13.0 Å². The van der Waals surface area contributed by atoms with Gasteiger partial charge >= 0.3 is 0 Å². The number of benzene rings is 1. The van der Waals surface area contributed by atoms with Gasteiger partial charge in [-0.15, -0.1) is 0 Å².